The van der Waals surface area contributed by atoms with Gasteiger partial charge in [0.05, 0.1) is 25.1 Å². The Morgan fingerprint density at radius 3 is 2.59 bits per heavy atom. The zero-order chi connectivity index (χ0) is 15.9. The zero-order valence-electron chi connectivity index (χ0n) is 13.2. The van der Waals surface area contributed by atoms with Crippen molar-refractivity contribution < 1.29 is 18.8 Å². The molecule has 0 spiro atoms. The fraction of sp³-hybridized carbons (Fsp3) is 0.294. The largest absolute Gasteiger partial charge is 0.496 e. The predicted octanol–water partition coefficient (Wildman–Crippen LogP) is 3.65. The van der Waals surface area contributed by atoms with Crippen molar-refractivity contribution in [2.75, 3.05) is 27.2 Å². The monoisotopic (exact) mass is 318 g/mol. The van der Waals surface area contributed by atoms with E-state index >= 15 is 0 Å². The molecule has 1 aliphatic heterocycles. The number of aryl methyl sites for hydroxylation is 1. The molecule has 1 heterocycles. The van der Waals surface area contributed by atoms with Crippen molar-refractivity contribution in [1.82, 2.24) is 0 Å². The molecule has 116 valence electrons. The molecular weight excluding hydrogens is 299 g/mol. The molecule has 22 heavy (non-hydrogen) atoms. The topological polar surface area (TPSA) is 44.8 Å². The van der Waals surface area contributed by atoms with Crippen LogP contribution in [-0.2, 0) is 4.57 Å². The first-order valence-electron chi connectivity index (χ1n) is 7.04. The number of methoxy groups -OCH3 is 2. The van der Waals surface area contributed by atoms with E-state index in [1.54, 1.807) is 20.9 Å². The maximum atomic E-state index is 12.9. The van der Waals surface area contributed by atoms with Crippen LogP contribution in [0.25, 0.3) is 11.1 Å². The van der Waals surface area contributed by atoms with Crippen molar-refractivity contribution in [3.63, 3.8) is 0 Å². The fourth-order valence-electron chi connectivity index (χ4n) is 2.94. The first kappa shape index (κ1) is 15.0. The van der Waals surface area contributed by atoms with Gasteiger partial charge in [-0.25, -0.2) is 0 Å². The first-order valence-corrected chi connectivity index (χ1v) is 9.38. The van der Waals surface area contributed by atoms with Crippen molar-refractivity contribution in [1.29, 1.82) is 0 Å². The second-order valence-electron chi connectivity index (χ2n) is 5.52. The highest BCUT2D eigenvalue weighted by Crippen LogP contribution is 2.53. The Labute approximate surface area is 130 Å². The lowest BCUT2D eigenvalue weighted by atomic mass is 10.00. The molecular formula is C17H19O4P. The molecule has 1 aliphatic rings. The molecule has 1 atom stereocenters. The Bertz CT molecular complexity index is 782. The maximum absolute atomic E-state index is 12.9. The average Bonchev–Trinajstić information content (AvgIpc) is 2.83. The molecule has 0 amide bonds. The standard InChI is InChI=1S/C17H19O4P/c1-11-8-9-13(19-2)15(16(11)20-3)12-6-5-7-14-17(12)22(4,18)10-21-14/h5-9H,10H2,1-4H3. The number of hydrogen-bond donors (Lipinski definition) is 0. The van der Waals surface area contributed by atoms with Crippen LogP contribution in [-0.4, -0.2) is 27.2 Å². The molecule has 2 aromatic rings. The summed E-state index contributed by atoms with van der Waals surface area (Å²) in [6.45, 7) is 3.74. The Hall–Kier alpha value is -1.93. The summed E-state index contributed by atoms with van der Waals surface area (Å²) >= 11 is 0. The lowest BCUT2D eigenvalue weighted by Gasteiger charge is -2.18. The van der Waals surface area contributed by atoms with E-state index < -0.39 is 7.14 Å². The fourth-order valence-corrected chi connectivity index (χ4v) is 4.76. The second kappa shape index (κ2) is 5.36. The minimum absolute atomic E-state index is 0.246. The summed E-state index contributed by atoms with van der Waals surface area (Å²) < 4.78 is 29.6. The second-order valence-corrected chi connectivity index (χ2v) is 8.43. The first-order chi connectivity index (χ1) is 10.5. The third-order valence-corrected chi connectivity index (χ3v) is 5.98. The molecule has 0 aliphatic carbocycles. The van der Waals surface area contributed by atoms with Crippen molar-refractivity contribution in [3.8, 4) is 28.4 Å². The van der Waals surface area contributed by atoms with Crippen LogP contribution >= 0.6 is 7.14 Å². The van der Waals surface area contributed by atoms with Gasteiger partial charge in [-0.1, -0.05) is 18.2 Å². The van der Waals surface area contributed by atoms with Gasteiger partial charge >= 0.3 is 0 Å². The van der Waals surface area contributed by atoms with Crippen LogP contribution in [0.15, 0.2) is 30.3 Å². The summed E-state index contributed by atoms with van der Waals surface area (Å²) in [4.78, 5) is 0. The summed E-state index contributed by atoms with van der Waals surface area (Å²) in [5.74, 6) is 2.12. The highest BCUT2D eigenvalue weighted by atomic mass is 31.2. The van der Waals surface area contributed by atoms with E-state index in [1.165, 1.54) is 0 Å². The summed E-state index contributed by atoms with van der Waals surface area (Å²) in [6.07, 6.45) is 0.246. The van der Waals surface area contributed by atoms with Gasteiger partial charge in [0.25, 0.3) is 0 Å². The van der Waals surface area contributed by atoms with Crippen LogP contribution in [0.1, 0.15) is 5.56 Å². The lowest BCUT2D eigenvalue weighted by molar-refractivity contribution is 0.393. The van der Waals surface area contributed by atoms with Crippen LogP contribution in [0.3, 0.4) is 0 Å². The summed E-state index contributed by atoms with van der Waals surface area (Å²) in [6, 6.07) is 9.57. The van der Waals surface area contributed by atoms with Gasteiger partial charge in [-0.2, -0.15) is 0 Å². The van der Waals surface area contributed by atoms with Gasteiger partial charge in [-0.15, -0.1) is 0 Å². The highest BCUT2D eigenvalue weighted by Gasteiger charge is 2.35. The van der Waals surface area contributed by atoms with E-state index in [4.69, 9.17) is 14.2 Å². The third-order valence-electron chi connectivity index (χ3n) is 3.95. The Balaban J connectivity index is 2.37. The molecule has 1 unspecified atom stereocenters. The molecule has 0 bridgehead atoms. The third kappa shape index (κ3) is 2.19. The van der Waals surface area contributed by atoms with E-state index in [0.29, 0.717) is 11.5 Å². The lowest BCUT2D eigenvalue weighted by Crippen LogP contribution is -2.06. The van der Waals surface area contributed by atoms with E-state index in [0.717, 1.165) is 27.7 Å². The molecule has 0 saturated carbocycles. The minimum Gasteiger partial charge on any atom is -0.496 e. The van der Waals surface area contributed by atoms with Crippen LogP contribution in [0.5, 0.6) is 17.2 Å². The number of ether oxygens (including phenoxy) is 3. The predicted molar refractivity (Wildman–Crippen MR) is 88.4 cm³/mol. The van der Waals surface area contributed by atoms with Crippen molar-refractivity contribution in [2.24, 2.45) is 0 Å². The van der Waals surface area contributed by atoms with Gasteiger partial charge in [-0.3, -0.25) is 0 Å². The molecule has 0 fully saturated rings. The van der Waals surface area contributed by atoms with Gasteiger partial charge < -0.3 is 18.8 Å². The van der Waals surface area contributed by atoms with Crippen LogP contribution < -0.4 is 19.5 Å². The van der Waals surface area contributed by atoms with E-state index in [9.17, 15) is 4.57 Å². The minimum atomic E-state index is -2.55. The smallest absolute Gasteiger partial charge is 0.152 e. The maximum Gasteiger partial charge on any atom is 0.152 e. The van der Waals surface area contributed by atoms with E-state index in [-0.39, 0.29) is 6.35 Å². The number of rotatable bonds is 3. The Morgan fingerprint density at radius 1 is 1.14 bits per heavy atom. The van der Waals surface area contributed by atoms with Gasteiger partial charge in [0.2, 0.25) is 0 Å². The molecule has 0 aromatic heterocycles. The van der Waals surface area contributed by atoms with Crippen LogP contribution in [0, 0.1) is 6.92 Å². The van der Waals surface area contributed by atoms with Crippen molar-refractivity contribution in [3.05, 3.63) is 35.9 Å². The van der Waals surface area contributed by atoms with Crippen molar-refractivity contribution >= 4 is 12.4 Å². The Morgan fingerprint density at radius 2 is 1.91 bits per heavy atom. The normalized spacial score (nSPS) is 19.5. The summed E-state index contributed by atoms with van der Waals surface area (Å²) in [5, 5.41) is 0.775. The van der Waals surface area contributed by atoms with E-state index in [1.807, 2.05) is 37.3 Å². The average molecular weight is 318 g/mol. The zero-order valence-corrected chi connectivity index (χ0v) is 14.1. The van der Waals surface area contributed by atoms with E-state index in [2.05, 4.69) is 0 Å². The summed E-state index contributed by atoms with van der Waals surface area (Å²) in [5.41, 5.74) is 2.69. The quantitative estimate of drug-likeness (QED) is 0.810. The van der Waals surface area contributed by atoms with Gasteiger partial charge in [-0.05, 0) is 31.3 Å². The molecule has 0 N–H and O–H groups in total. The SMILES string of the molecule is COc1ccc(C)c(OC)c1-c1cccc2c1P(C)(=O)CO2. The molecule has 2 aromatic carbocycles. The Kier molecular flexibility index (Phi) is 3.65. The number of benzene rings is 2. The van der Waals surface area contributed by atoms with Crippen LogP contribution in [0.2, 0.25) is 0 Å². The van der Waals surface area contributed by atoms with Crippen molar-refractivity contribution in [2.45, 2.75) is 6.92 Å². The number of hydrogen-bond acceptors (Lipinski definition) is 4. The summed E-state index contributed by atoms with van der Waals surface area (Å²) in [7, 11) is 0.714. The van der Waals surface area contributed by atoms with Gasteiger partial charge in [0.1, 0.15) is 23.6 Å². The molecule has 0 saturated heterocycles. The highest BCUT2D eigenvalue weighted by molar-refractivity contribution is 7.71. The molecule has 3 rings (SSSR count). The molecule has 5 heteroatoms. The molecule has 0 radical (unpaired) electrons. The number of fused-ring (bicyclic) bond motifs is 1. The van der Waals surface area contributed by atoms with Gasteiger partial charge in [0, 0.05) is 5.56 Å². The van der Waals surface area contributed by atoms with Crippen LogP contribution in [0.4, 0.5) is 0 Å². The van der Waals surface area contributed by atoms with Gasteiger partial charge in [0.15, 0.2) is 7.14 Å². The molecule has 4 nitrogen and oxygen atoms in total.